The highest BCUT2D eigenvalue weighted by Crippen LogP contribution is 2.27. The molecule has 5 heteroatoms. The maximum Gasteiger partial charge on any atom is 0.229 e. The van der Waals surface area contributed by atoms with Crippen LogP contribution in [-0.4, -0.2) is 36.1 Å². The van der Waals surface area contributed by atoms with Crippen LogP contribution in [0.15, 0.2) is 48.5 Å². The number of fused-ring (bicyclic) bond motifs is 1. The van der Waals surface area contributed by atoms with E-state index in [2.05, 4.69) is 73.1 Å². The zero-order valence-electron chi connectivity index (χ0n) is 16.7. The van der Waals surface area contributed by atoms with Crippen LogP contribution in [0.2, 0.25) is 0 Å². The minimum absolute atomic E-state index is 0.631. The van der Waals surface area contributed by atoms with Crippen LogP contribution in [0.3, 0.4) is 0 Å². The number of rotatable bonds is 8. The van der Waals surface area contributed by atoms with Crippen molar-refractivity contribution in [3.8, 4) is 0 Å². The van der Waals surface area contributed by atoms with Crippen molar-refractivity contribution in [1.29, 1.82) is 0 Å². The van der Waals surface area contributed by atoms with E-state index in [4.69, 9.17) is 9.97 Å². The van der Waals surface area contributed by atoms with Crippen LogP contribution in [0.1, 0.15) is 27.7 Å². The molecule has 3 rings (SSSR count). The molecule has 0 unspecified atom stereocenters. The molecule has 0 aliphatic heterocycles. The molecule has 0 aliphatic carbocycles. The summed E-state index contributed by atoms with van der Waals surface area (Å²) in [7, 11) is 0. The van der Waals surface area contributed by atoms with Gasteiger partial charge in [-0.05, 0) is 64.1 Å². The van der Waals surface area contributed by atoms with Gasteiger partial charge in [0.1, 0.15) is 5.82 Å². The number of benzene rings is 2. The molecule has 0 saturated carbocycles. The van der Waals surface area contributed by atoms with Gasteiger partial charge in [-0.3, -0.25) is 0 Å². The SMILES string of the molecule is CCN(CC)c1ccc(Nc2nc(N(CC)CC)c3ccccc3n2)cc1. The Labute approximate surface area is 162 Å². The first kappa shape index (κ1) is 19.0. The van der Waals surface area contributed by atoms with Crippen molar-refractivity contribution in [2.45, 2.75) is 27.7 Å². The van der Waals surface area contributed by atoms with Crippen LogP contribution in [-0.2, 0) is 0 Å². The molecule has 0 aliphatic rings. The summed E-state index contributed by atoms with van der Waals surface area (Å²) >= 11 is 0. The van der Waals surface area contributed by atoms with Crippen LogP contribution in [0, 0.1) is 0 Å². The molecule has 0 amide bonds. The van der Waals surface area contributed by atoms with Gasteiger partial charge in [0.05, 0.1) is 5.52 Å². The third-order valence-corrected chi connectivity index (χ3v) is 4.90. The summed E-state index contributed by atoms with van der Waals surface area (Å²) in [6.07, 6.45) is 0. The van der Waals surface area contributed by atoms with Gasteiger partial charge in [0.15, 0.2) is 0 Å². The molecule has 142 valence electrons. The zero-order valence-corrected chi connectivity index (χ0v) is 16.7. The van der Waals surface area contributed by atoms with Crippen LogP contribution in [0.5, 0.6) is 0 Å². The van der Waals surface area contributed by atoms with Crippen molar-refractivity contribution in [2.24, 2.45) is 0 Å². The number of aromatic nitrogens is 2. The Kier molecular flexibility index (Phi) is 6.12. The standard InChI is InChI=1S/C22H29N5/c1-5-26(6-2)18-15-13-17(14-16-18)23-22-24-20-12-10-9-11-19(20)21(25-22)27(7-3)8-4/h9-16H,5-8H2,1-4H3,(H,23,24,25). The summed E-state index contributed by atoms with van der Waals surface area (Å²) in [4.78, 5) is 14.1. The number of para-hydroxylation sites is 1. The molecular weight excluding hydrogens is 334 g/mol. The van der Waals surface area contributed by atoms with Gasteiger partial charge in [0, 0.05) is 42.9 Å². The van der Waals surface area contributed by atoms with E-state index in [-0.39, 0.29) is 0 Å². The van der Waals surface area contributed by atoms with Crippen molar-refractivity contribution in [3.63, 3.8) is 0 Å². The van der Waals surface area contributed by atoms with Gasteiger partial charge in [-0.2, -0.15) is 4.98 Å². The highest BCUT2D eigenvalue weighted by atomic mass is 15.2. The molecule has 27 heavy (non-hydrogen) atoms. The van der Waals surface area contributed by atoms with Crippen LogP contribution in [0.25, 0.3) is 10.9 Å². The topological polar surface area (TPSA) is 44.3 Å². The monoisotopic (exact) mass is 363 g/mol. The third-order valence-electron chi connectivity index (χ3n) is 4.90. The molecule has 1 N–H and O–H groups in total. The number of hydrogen-bond acceptors (Lipinski definition) is 5. The van der Waals surface area contributed by atoms with Crippen LogP contribution < -0.4 is 15.1 Å². The first-order valence-corrected chi connectivity index (χ1v) is 9.83. The lowest BCUT2D eigenvalue weighted by molar-refractivity contribution is 0.850. The molecule has 2 aromatic carbocycles. The second kappa shape index (κ2) is 8.71. The average Bonchev–Trinajstić information content (AvgIpc) is 2.71. The second-order valence-corrected chi connectivity index (χ2v) is 6.40. The molecule has 5 nitrogen and oxygen atoms in total. The number of nitrogens with zero attached hydrogens (tertiary/aromatic N) is 4. The van der Waals surface area contributed by atoms with E-state index in [1.807, 2.05) is 18.2 Å². The van der Waals surface area contributed by atoms with E-state index in [9.17, 15) is 0 Å². The summed E-state index contributed by atoms with van der Waals surface area (Å²) in [6, 6.07) is 16.6. The largest absolute Gasteiger partial charge is 0.372 e. The summed E-state index contributed by atoms with van der Waals surface area (Å²) in [5.41, 5.74) is 3.18. The number of anilines is 4. The zero-order chi connectivity index (χ0) is 19.2. The summed E-state index contributed by atoms with van der Waals surface area (Å²) in [5.74, 6) is 1.61. The van der Waals surface area contributed by atoms with Crippen molar-refractivity contribution < 1.29 is 0 Å². The third kappa shape index (κ3) is 4.13. The lowest BCUT2D eigenvalue weighted by Crippen LogP contribution is -2.23. The van der Waals surface area contributed by atoms with Gasteiger partial charge in [-0.15, -0.1) is 0 Å². The molecule has 0 atom stereocenters. The molecule has 0 saturated heterocycles. The van der Waals surface area contributed by atoms with E-state index in [0.717, 1.165) is 48.6 Å². The van der Waals surface area contributed by atoms with Gasteiger partial charge in [-0.25, -0.2) is 4.98 Å². The predicted molar refractivity (Wildman–Crippen MR) is 116 cm³/mol. The smallest absolute Gasteiger partial charge is 0.229 e. The Morgan fingerprint density at radius 1 is 0.741 bits per heavy atom. The molecule has 3 aromatic rings. The fourth-order valence-electron chi connectivity index (χ4n) is 3.35. The quantitative estimate of drug-likeness (QED) is 0.605. The molecule has 0 radical (unpaired) electrons. The van der Waals surface area contributed by atoms with E-state index in [0.29, 0.717) is 5.95 Å². The fraction of sp³-hybridized carbons (Fsp3) is 0.364. The Morgan fingerprint density at radius 3 is 2.00 bits per heavy atom. The van der Waals surface area contributed by atoms with E-state index < -0.39 is 0 Å². The Hall–Kier alpha value is -2.82. The van der Waals surface area contributed by atoms with Crippen molar-refractivity contribution in [3.05, 3.63) is 48.5 Å². The summed E-state index contributed by atoms with van der Waals surface area (Å²) in [6.45, 7) is 12.5. The summed E-state index contributed by atoms with van der Waals surface area (Å²) < 4.78 is 0. The van der Waals surface area contributed by atoms with Gasteiger partial charge < -0.3 is 15.1 Å². The van der Waals surface area contributed by atoms with Crippen molar-refractivity contribution >= 4 is 34.0 Å². The van der Waals surface area contributed by atoms with E-state index >= 15 is 0 Å². The van der Waals surface area contributed by atoms with Gasteiger partial charge in [0.25, 0.3) is 0 Å². The first-order valence-electron chi connectivity index (χ1n) is 9.83. The predicted octanol–water partition coefficient (Wildman–Crippen LogP) is 5.07. The lowest BCUT2D eigenvalue weighted by atomic mass is 10.2. The highest BCUT2D eigenvalue weighted by molar-refractivity contribution is 5.90. The molecule has 0 spiro atoms. The molecule has 1 heterocycles. The normalized spacial score (nSPS) is 10.8. The summed E-state index contributed by atoms with van der Waals surface area (Å²) in [5, 5.41) is 4.46. The minimum Gasteiger partial charge on any atom is -0.372 e. The Bertz CT molecular complexity index is 868. The van der Waals surface area contributed by atoms with Gasteiger partial charge in [-0.1, -0.05) is 12.1 Å². The average molecular weight is 364 g/mol. The van der Waals surface area contributed by atoms with Gasteiger partial charge >= 0.3 is 0 Å². The first-order chi connectivity index (χ1) is 13.2. The fourth-order valence-corrected chi connectivity index (χ4v) is 3.35. The lowest BCUT2D eigenvalue weighted by Gasteiger charge is -2.22. The second-order valence-electron chi connectivity index (χ2n) is 6.40. The van der Waals surface area contributed by atoms with Crippen molar-refractivity contribution in [2.75, 3.05) is 41.3 Å². The maximum atomic E-state index is 4.82. The van der Waals surface area contributed by atoms with Gasteiger partial charge in [0.2, 0.25) is 5.95 Å². The van der Waals surface area contributed by atoms with E-state index in [1.54, 1.807) is 0 Å². The molecule has 0 bridgehead atoms. The molecule has 0 fully saturated rings. The molecule has 1 aromatic heterocycles. The Morgan fingerprint density at radius 2 is 1.37 bits per heavy atom. The van der Waals surface area contributed by atoms with Crippen LogP contribution in [0.4, 0.5) is 23.1 Å². The number of nitrogens with one attached hydrogen (secondary N) is 1. The molecular formula is C22H29N5. The highest BCUT2D eigenvalue weighted by Gasteiger charge is 2.12. The van der Waals surface area contributed by atoms with Crippen LogP contribution >= 0.6 is 0 Å². The number of hydrogen-bond donors (Lipinski definition) is 1. The Balaban J connectivity index is 1.93. The maximum absolute atomic E-state index is 4.82. The van der Waals surface area contributed by atoms with E-state index in [1.165, 1.54) is 5.69 Å². The van der Waals surface area contributed by atoms with Crippen molar-refractivity contribution in [1.82, 2.24) is 9.97 Å². The minimum atomic E-state index is 0.631.